The van der Waals surface area contributed by atoms with E-state index in [-0.39, 0.29) is 17.3 Å². The molecule has 3 aromatic rings. The van der Waals surface area contributed by atoms with Crippen molar-refractivity contribution in [2.24, 2.45) is 0 Å². The lowest BCUT2D eigenvalue weighted by Gasteiger charge is -2.28. The molecule has 0 saturated carbocycles. The van der Waals surface area contributed by atoms with Gasteiger partial charge in [0.1, 0.15) is 6.54 Å². The van der Waals surface area contributed by atoms with Gasteiger partial charge in [0.05, 0.1) is 10.6 Å². The topological polar surface area (TPSA) is 57.7 Å². The first-order valence-electron chi connectivity index (χ1n) is 9.72. The summed E-state index contributed by atoms with van der Waals surface area (Å²) in [5.74, 6) is -0.278. The van der Waals surface area contributed by atoms with Crippen LogP contribution in [-0.4, -0.2) is 32.8 Å². The van der Waals surface area contributed by atoms with Crippen LogP contribution in [-0.2, 0) is 21.4 Å². The van der Waals surface area contributed by atoms with Gasteiger partial charge in [-0.25, -0.2) is 8.42 Å². The molecule has 0 aliphatic heterocycles. The van der Waals surface area contributed by atoms with Crippen LogP contribution in [0.5, 0.6) is 0 Å². The number of hydrogen-bond donors (Lipinski definition) is 0. The van der Waals surface area contributed by atoms with Crippen LogP contribution in [0.4, 0.5) is 5.69 Å². The SMILES string of the molecule is Cc1ccc(C)c(N(CC(=O)N(C)Cc2ccccc2)S(=O)(=O)c2ccccc2)c1. The molecule has 0 radical (unpaired) electrons. The van der Waals surface area contributed by atoms with Crippen LogP contribution in [0.25, 0.3) is 0 Å². The van der Waals surface area contributed by atoms with Crippen molar-refractivity contribution in [1.29, 1.82) is 0 Å². The Balaban J connectivity index is 1.96. The Hall–Kier alpha value is -3.12. The summed E-state index contributed by atoms with van der Waals surface area (Å²) < 4.78 is 28.2. The van der Waals surface area contributed by atoms with E-state index in [0.29, 0.717) is 12.2 Å². The largest absolute Gasteiger partial charge is 0.340 e. The Morgan fingerprint density at radius 3 is 2.10 bits per heavy atom. The van der Waals surface area contributed by atoms with Gasteiger partial charge >= 0.3 is 0 Å². The lowest BCUT2D eigenvalue weighted by atomic mass is 10.1. The number of nitrogens with zero attached hydrogens (tertiary/aromatic N) is 2. The fourth-order valence-corrected chi connectivity index (χ4v) is 4.69. The molecule has 0 saturated heterocycles. The normalized spacial score (nSPS) is 11.2. The average molecular weight is 423 g/mol. The van der Waals surface area contributed by atoms with E-state index >= 15 is 0 Å². The highest BCUT2D eigenvalue weighted by atomic mass is 32.2. The van der Waals surface area contributed by atoms with Crippen molar-refractivity contribution < 1.29 is 13.2 Å². The molecule has 156 valence electrons. The van der Waals surface area contributed by atoms with Crippen molar-refractivity contribution in [2.45, 2.75) is 25.3 Å². The molecule has 0 atom stereocenters. The first-order chi connectivity index (χ1) is 14.3. The molecule has 1 amide bonds. The lowest BCUT2D eigenvalue weighted by Crippen LogP contribution is -2.41. The molecule has 0 aliphatic carbocycles. The molecule has 5 nitrogen and oxygen atoms in total. The summed E-state index contributed by atoms with van der Waals surface area (Å²) in [5, 5.41) is 0. The van der Waals surface area contributed by atoms with Crippen LogP contribution in [0.3, 0.4) is 0 Å². The van der Waals surface area contributed by atoms with Crippen molar-refractivity contribution >= 4 is 21.6 Å². The highest BCUT2D eigenvalue weighted by molar-refractivity contribution is 7.92. The minimum atomic E-state index is -3.91. The Bertz CT molecular complexity index is 1110. The summed E-state index contributed by atoms with van der Waals surface area (Å²) in [6, 6.07) is 23.4. The fraction of sp³-hybridized carbons (Fsp3) is 0.208. The van der Waals surface area contributed by atoms with E-state index in [1.165, 1.54) is 4.31 Å². The molecule has 3 aromatic carbocycles. The summed E-state index contributed by atoms with van der Waals surface area (Å²) in [6.45, 7) is 3.89. The fourth-order valence-electron chi connectivity index (χ4n) is 3.20. The number of carbonyl (C=O) groups is 1. The molecule has 0 bridgehead atoms. The standard InChI is InChI=1S/C24H26N2O3S/c1-19-14-15-20(2)23(16-19)26(30(28,29)22-12-8-5-9-13-22)18-24(27)25(3)17-21-10-6-4-7-11-21/h4-16H,17-18H2,1-3H3. The van der Waals surface area contributed by atoms with E-state index in [4.69, 9.17) is 0 Å². The van der Waals surface area contributed by atoms with E-state index < -0.39 is 10.0 Å². The van der Waals surface area contributed by atoms with Crippen LogP contribution in [0.2, 0.25) is 0 Å². The third-order valence-electron chi connectivity index (χ3n) is 4.93. The zero-order valence-electron chi connectivity index (χ0n) is 17.4. The van der Waals surface area contributed by atoms with Gasteiger partial charge < -0.3 is 4.90 Å². The number of benzene rings is 3. The first-order valence-corrected chi connectivity index (χ1v) is 11.2. The van der Waals surface area contributed by atoms with Gasteiger partial charge in [0.2, 0.25) is 5.91 Å². The van der Waals surface area contributed by atoms with Gasteiger partial charge in [0.25, 0.3) is 10.0 Å². The van der Waals surface area contributed by atoms with E-state index in [1.54, 1.807) is 48.3 Å². The van der Waals surface area contributed by atoms with Gasteiger partial charge in [-0.3, -0.25) is 9.10 Å². The number of rotatable bonds is 7. The molecule has 6 heteroatoms. The van der Waals surface area contributed by atoms with E-state index in [0.717, 1.165) is 16.7 Å². The van der Waals surface area contributed by atoms with Gasteiger partial charge in [-0.1, -0.05) is 60.7 Å². The second kappa shape index (κ2) is 9.13. The lowest BCUT2D eigenvalue weighted by molar-refractivity contribution is -0.128. The van der Waals surface area contributed by atoms with Crippen molar-refractivity contribution in [1.82, 2.24) is 4.90 Å². The number of likely N-dealkylation sites (N-methyl/N-ethyl adjacent to an activating group) is 1. The molecule has 0 spiro atoms. The molecule has 0 unspecified atom stereocenters. The minimum Gasteiger partial charge on any atom is -0.340 e. The van der Waals surface area contributed by atoms with Crippen LogP contribution in [0, 0.1) is 13.8 Å². The number of amides is 1. The van der Waals surface area contributed by atoms with E-state index in [9.17, 15) is 13.2 Å². The predicted octanol–water partition coefficient (Wildman–Crippen LogP) is 4.16. The van der Waals surface area contributed by atoms with Crippen LogP contribution < -0.4 is 4.31 Å². The molecular formula is C24H26N2O3S. The Morgan fingerprint density at radius 2 is 1.47 bits per heavy atom. The number of anilines is 1. The number of sulfonamides is 1. The van der Waals surface area contributed by atoms with E-state index in [1.807, 2.05) is 56.3 Å². The Labute approximate surface area is 178 Å². The maximum Gasteiger partial charge on any atom is 0.264 e. The smallest absolute Gasteiger partial charge is 0.264 e. The van der Waals surface area contributed by atoms with Crippen LogP contribution in [0.1, 0.15) is 16.7 Å². The molecule has 0 fully saturated rings. The highest BCUT2D eigenvalue weighted by Crippen LogP contribution is 2.28. The van der Waals surface area contributed by atoms with Crippen LogP contribution in [0.15, 0.2) is 83.8 Å². The summed E-state index contributed by atoms with van der Waals surface area (Å²) >= 11 is 0. The average Bonchev–Trinajstić information content (AvgIpc) is 2.75. The second-order valence-corrected chi connectivity index (χ2v) is 9.21. The molecular weight excluding hydrogens is 396 g/mol. The van der Waals surface area contributed by atoms with Crippen molar-refractivity contribution in [3.8, 4) is 0 Å². The summed E-state index contributed by atoms with van der Waals surface area (Å²) in [4.78, 5) is 14.7. The third kappa shape index (κ3) is 4.89. The van der Waals surface area contributed by atoms with Crippen LogP contribution >= 0.6 is 0 Å². The zero-order valence-corrected chi connectivity index (χ0v) is 18.3. The first kappa shape index (κ1) is 21.6. The van der Waals surface area contributed by atoms with Gasteiger partial charge in [0.15, 0.2) is 0 Å². The maximum atomic E-state index is 13.5. The molecule has 30 heavy (non-hydrogen) atoms. The monoisotopic (exact) mass is 422 g/mol. The minimum absolute atomic E-state index is 0.157. The second-order valence-electron chi connectivity index (χ2n) is 7.35. The summed E-state index contributed by atoms with van der Waals surface area (Å²) in [5.41, 5.74) is 3.21. The molecule has 3 rings (SSSR count). The zero-order chi connectivity index (χ0) is 21.7. The summed E-state index contributed by atoms with van der Waals surface area (Å²) in [6.07, 6.45) is 0. The van der Waals surface area contributed by atoms with Crippen molar-refractivity contribution in [3.63, 3.8) is 0 Å². The van der Waals surface area contributed by atoms with Gasteiger partial charge in [0, 0.05) is 13.6 Å². The van der Waals surface area contributed by atoms with Crippen molar-refractivity contribution in [3.05, 3.63) is 95.6 Å². The number of carbonyl (C=O) groups excluding carboxylic acids is 1. The van der Waals surface area contributed by atoms with Crippen molar-refractivity contribution in [2.75, 3.05) is 17.9 Å². The molecule has 0 N–H and O–H groups in total. The molecule has 0 aliphatic rings. The van der Waals surface area contributed by atoms with E-state index in [2.05, 4.69) is 0 Å². The Morgan fingerprint density at radius 1 is 0.867 bits per heavy atom. The summed E-state index contributed by atoms with van der Waals surface area (Å²) in [7, 11) is -2.22. The quantitative estimate of drug-likeness (QED) is 0.575. The molecule has 0 heterocycles. The maximum absolute atomic E-state index is 13.5. The van der Waals surface area contributed by atoms with Gasteiger partial charge in [-0.05, 0) is 48.7 Å². The Kier molecular flexibility index (Phi) is 6.57. The highest BCUT2D eigenvalue weighted by Gasteiger charge is 2.29. The van der Waals surface area contributed by atoms with Gasteiger partial charge in [-0.2, -0.15) is 0 Å². The third-order valence-corrected chi connectivity index (χ3v) is 6.71. The van der Waals surface area contributed by atoms with Gasteiger partial charge in [-0.15, -0.1) is 0 Å². The number of hydrogen-bond acceptors (Lipinski definition) is 3. The molecule has 0 aromatic heterocycles. The predicted molar refractivity (Wildman–Crippen MR) is 120 cm³/mol. The number of aryl methyl sites for hydroxylation is 2.